The van der Waals surface area contributed by atoms with Gasteiger partial charge in [-0.05, 0) is 38.0 Å². The second kappa shape index (κ2) is 5.35. The summed E-state index contributed by atoms with van der Waals surface area (Å²) >= 11 is 0. The molecule has 2 rings (SSSR count). The van der Waals surface area contributed by atoms with E-state index in [0.29, 0.717) is 12.3 Å². The maximum Gasteiger partial charge on any atom is 0.337 e. The fourth-order valence-electron chi connectivity index (χ4n) is 2.17. The third-order valence-corrected chi connectivity index (χ3v) is 3.06. The van der Waals surface area contributed by atoms with Crippen molar-refractivity contribution in [3.05, 3.63) is 29.6 Å². The van der Waals surface area contributed by atoms with Crippen LogP contribution in [0.15, 0.2) is 18.2 Å². The topological polar surface area (TPSA) is 58.6 Å². The number of benzene rings is 1. The summed E-state index contributed by atoms with van der Waals surface area (Å²) in [5, 5.41) is 12.2. The minimum atomic E-state index is -1.13. The highest BCUT2D eigenvalue weighted by Crippen LogP contribution is 2.22. The third kappa shape index (κ3) is 2.98. The number of hydrogen-bond donors (Lipinski definition) is 2. The summed E-state index contributed by atoms with van der Waals surface area (Å²) in [5.41, 5.74) is 0.428. The van der Waals surface area contributed by atoms with Gasteiger partial charge in [-0.25, -0.2) is 9.18 Å². The molecule has 0 amide bonds. The molecule has 98 valence electrons. The summed E-state index contributed by atoms with van der Waals surface area (Å²) < 4.78 is 18.5. The van der Waals surface area contributed by atoms with E-state index in [9.17, 15) is 9.18 Å². The Morgan fingerprint density at radius 3 is 3.00 bits per heavy atom. The molecular formula is C13H16FNO3. The lowest BCUT2D eigenvalue weighted by atomic mass is 10.0. The molecule has 2 atom stereocenters. The SMILES string of the molecule is CC1CC(Nc2ccc(F)cc2C(=O)O)CCO1. The quantitative estimate of drug-likeness (QED) is 0.869. The van der Waals surface area contributed by atoms with Crippen LogP contribution in [0.25, 0.3) is 0 Å². The predicted molar refractivity (Wildman–Crippen MR) is 65.4 cm³/mol. The predicted octanol–water partition coefficient (Wildman–Crippen LogP) is 2.50. The van der Waals surface area contributed by atoms with Crippen LogP contribution in [-0.2, 0) is 4.74 Å². The molecule has 2 unspecified atom stereocenters. The first-order valence-electron chi connectivity index (χ1n) is 5.97. The minimum Gasteiger partial charge on any atom is -0.478 e. The van der Waals surface area contributed by atoms with E-state index in [1.807, 2.05) is 6.92 Å². The van der Waals surface area contributed by atoms with Crippen molar-refractivity contribution < 1.29 is 19.0 Å². The van der Waals surface area contributed by atoms with Gasteiger partial charge in [0.05, 0.1) is 11.7 Å². The molecule has 0 saturated carbocycles. The van der Waals surface area contributed by atoms with Crippen LogP contribution in [0.3, 0.4) is 0 Å². The van der Waals surface area contributed by atoms with E-state index in [0.717, 1.165) is 18.9 Å². The van der Waals surface area contributed by atoms with Gasteiger partial charge in [0.1, 0.15) is 5.82 Å². The number of rotatable bonds is 3. The van der Waals surface area contributed by atoms with Crippen LogP contribution in [0.4, 0.5) is 10.1 Å². The van der Waals surface area contributed by atoms with Crippen LogP contribution < -0.4 is 5.32 Å². The first kappa shape index (κ1) is 12.8. The van der Waals surface area contributed by atoms with Gasteiger partial charge < -0.3 is 15.2 Å². The molecule has 0 bridgehead atoms. The number of nitrogens with one attached hydrogen (secondary N) is 1. The number of anilines is 1. The number of hydrogen-bond acceptors (Lipinski definition) is 3. The Balaban J connectivity index is 2.15. The van der Waals surface area contributed by atoms with Crippen LogP contribution in [0, 0.1) is 5.82 Å². The van der Waals surface area contributed by atoms with Gasteiger partial charge in [-0.2, -0.15) is 0 Å². The third-order valence-electron chi connectivity index (χ3n) is 3.06. The molecule has 1 aliphatic rings. The van der Waals surface area contributed by atoms with Gasteiger partial charge >= 0.3 is 5.97 Å². The molecule has 2 N–H and O–H groups in total. The summed E-state index contributed by atoms with van der Waals surface area (Å²) in [6.07, 6.45) is 1.79. The zero-order valence-corrected chi connectivity index (χ0v) is 10.1. The van der Waals surface area contributed by atoms with Gasteiger partial charge in [-0.15, -0.1) is 0 Å². The molecule has 18 heavy (non-hydrogen) atoms. The highest BCUT2D eigenvalue weighted by molar-refractivity contribution is 5.94. The van der Waals surface area contributed by atoms with Crippen molar-refractivity contribution in [2.75, 3.05) is 11.9 Å². The van der Waals surface area contributed by atoms with Crippen LogP contribution in [0.5, 0.6) is 0 Å². The second-order valence-corrected chi connectivity index (χ2v) is 4.54. The molecule has 4 nitrogen and oxygen atoms in total. The summed E-state index contributed by atoms with van der Waals surface area (Å²) in [6.45, 7) is 2.64. The molecule has 1 aliphatic heterocycles. The Labute approximate surface area is 105 Å². The standard InChI is InChI=1S/C13H16FNO3/c1-8-6-10(4-5-18-8)15-12-3-2-9(14)7-11(12)13(16)17/h2-3,7-8,10,15H,4-6H2,1H3,(H,16,17). The molecule has 1 fully saturated rings. The summed E-state index contributed by atoms with van der Waals surface area (Å²) in [4.78, 5) is 11.0. The Morgan fingerprint density at radius 1 is 1.56 bits per heavy atom. The molecule has 1 saturated heterocycles. The lowest BCUT2D eigenvalue weighted by molar-refractivity contribution is 0.0232. The van der Waals surface area contributed by atoms with E-state index in [4.69, 9.17) is 9.84 Å². The largest absolute Gasteiger partial charge is 0.478 e. The van der Waals surface area contributed by atoms with Gasteiger partial charge in [0.25, 0.3) is 0 Å². The maximum atomic E-state index is 13.0. The fraction of sp³-hybridized carbons (Fsp3) is 0.462. The molecule has 1 aromatic rings. The Bertz CT molecular complexity index is 450. The Hall–Kier alpha value is -1.62. The lowest BCUT2D eigenvalue weighted by Crippen LogP contribution is -2.33. The van der Waals surface area contributed by atoms with Crippen molar-refractivity contribution in [3.8, 4) is 0 Å². The van der Waals surface area contributed by atoms with E-state index in [-0.39, 0.29) is 17.7 Å². The first-order valence-corrected chi connectivity index (χ1v) is 5.97. The van der Waals surface area contributed by atoms with Crippen LogP contribution >= 0.6 is 0 Å². The van der Waals surface area contributed by atoms with Crippen molar-refractivity contribution in [2.24, 2.45) is 0 Å². The van der Waals surface area contributed by atoms with Crippen LogP contribution in [0.1, 0.15) is 30.1 Å². The average Bonchev–Trinajstić information content (AvgIpc) is 2.31. The Morgan fingerprint density at radius 2 is 2.33 bits per heavy atom. The summed E-state index contributed by atoms with van der Waals surface area (Å²) in [5.74, 6) is -1.67. The molecule has 0 spiro atoms. The zero-order chi connectivity index (χ0) is 13.1. The highest BCUT2D eigenvalue weighted by atomic mass is 19.1. The van der Waals surface area contributed by atoms with Crippen molar-refractivity contribution in [3.63, 3.8) is 0 Å². The van der Waals surface area contributed by atoms with Gasteiger partial charge in [0, 0.05) is 18.3 Å². The van der Waals surface area contributed by atoms with E-state index < -0.39 is 11.8 Å². The average molecular weight is 253 g/mol. The zero-order valence-electron chi connectivity index (χ0n) is 10.1. The van der Waals surface area contributed by atoms with E-state index in [1.165, 1.54) is 12.1 Å². The fourth-order valence-corrected chi connectivity index (χ4v) is 2.17. The number of ether oxygens (including phenoxy) is 1. The van der Waals surface area contributed by atoms with Gasteiger partial charge in [0.2, 0.25) is 0 Å². The van der Waals surface area contributed by atoms with Crippen molar-refractivity contribution >= 4 is 11.7 Å². The van der Waals surface area contributed by atoms with Gasteiger partial charge in [0.15, 0.2) is 0 Å². The molecule has 0 aromatic heterocycles. The molecule has 0 radical (unpaired) electrons. The van der Waals surface area contributed by atoms with Gasteiger partial charge in [-0.3, -0.25) is 0 Å². The van der Waals surface area contributed by atoms with E-state index in [1.54, 1.807) is 0 Å². The number of aromatic carboxylic acids is 1. The van der Waals surface area contributed by atoms with Crippen LogP contribution in [-0.4, -0.2) is 29.8 Å². The second-order valence-electron chi connectivity index (χ2n) is 4.54. The number of carboxylic acids is 1. The number of halogens is 1. The van der Waals surface area contributed by atoms with E-state index in [2.05, 4.69) is 5.32 Å². The molecule has 5 heteroatoms. The smallest absolute Gasteiger partial charge is 0.337 e. The summed E-state index contributed by atoms with van der Waals surface area (Å²) in [7, 11) is 0. The molecular weight excluding hydrogens is 237 g/mol. The minimum absolute atomic E-state index is 0.0332. The molecule has 1 aromatic carbocycles. The van der Waals surface area contributed by atoms with Crippen molar-refractivity contribution in [1.82, 2.24) is 0 Å². The van der Waals surface area contributed by atoms with Crippen molar-refractivity contribution in [2.45, 2.75) is 31.9 Å². The molecule has 0 aliphatic carbocycles. The van der Waals surface area contributed by atoms with Crippen molar-refractivity contribution in [1.29, 1.82) is 0 Å². The first-order chi connectivity index (χ1) is 8.56. The molecule has 1 heterocycles. The lowest BCUT2D eigenvalue weighted by Gasteiger charge is -2.29. The maximum absolute atomic E-state index is 13.0. The number of carboxylic acid groups (broad SMARTS) is 1. The van der Waals surface area contributed by atoms with E-state index >= 15 is 0 Å². The number of carbonyl (C=O) groups is 1. The highest BCUT2D eigenvalue weighted by Gasteiger charge is 2.21. The Kier molecular flexibility index (Phi) is 3.81. The summed E-state index contributed by atoms with van der Waals surface area (Å²) in [6, 6.07) is 3.93. The monoisotopic (exact) mass is 253 g/mol. The normalized spacial score (nSPS) is 23.7. The van der Waals surface area contributed by atoms with Crippen LogP contribution in [0.2, 0.25) is 0 Å². The van der Waals surface area contributed by atoms with Gasteiger partial charge in [-0.1, -0.05) is 0 Å².